The highest BCUT2D eigenvalue weighted by Gasteiger charge is 2.34. The number of nitrogens with zero attached hydrogens (tertiary/aromatic N) is 2. The number of likely N-dealkylation sites (tertiary alicyclic amines) is 1. The van der Waals surface area contributed by atoms with E-state index in [1.54, 1.807) is 13.1 Å². The first kappa shape index (κ1) is 14.3. The number of fused-ring (bicyclic) bond motifs is 1. The van der Waals surface area contributed by atoms with Crippen molar-refractivity contribution >= 4 is 11.4 Å². The van der Waals surface area contributed by atoms with Crippen LogP contribution in [0.4, 0.5) is 11.4 Å². The molecule has 21 heavy (non-hydrogen) atoms. The van der Waals surface area contributed by atoms with E-state index in [9.17, 15) is 10.1 Å². The van der Waals surface area contributed by atoms with Crippen LogP contribution in [0.15, 0.2) is 18.2 Å². The number of anilines is 1. The van der Waals surface area contributed by atoms with E-state index in [1.165, 1.54) is 32.1 Å². The molecule has 114 valence electrons. The standard InChI is InChI=1S/C16H23N3O2/c1-17-14-8-7-12(10-16(14)19(20)21)11-18-9-3-5-13-4-2-6-15(13)18/h7-8,10,13,15,17H,2-6,9,11H2,1H3. The van der Waals surface area contributed by atoms with Crippen LogP contribution in [0.5, 0.6) is 0 Å². The highest BCUT2D eigenvalue weighted by molar-refractivity contribution is 5.62. The Morgan fingerprint density at radius 2 is 2.14 bits per heavy atom. The van der Waals surface area contributed by atoms with Crippen molar-refractivity contribution in [1.29, 1.82) is 0 Å². The fraction of sp³-hybridized carbons (Fsp3) is 0.625. The van der Waals surface area contributed by atoms with Crippen LogP contribution in [0.25, 0.3) is 0 Å². The fourth-order valence-corrected chi connectivity index (χ4v) is 4.03. The molecular weight excluding hydrogens is 266 g/mol. The van der Waals surface area contributed by atoms with E-state index >= 15 is 0 Å². The van der Waals surface area contributed by atoms with Gasteiger partial charge in [0, 0.05) is 25.7 Å². The Balaban J connectivity index is 1.78. The van der Waals surface area contributed by atoms with Gasteiger partial charge in [-0.1, -0.05) is 12.5 Å². The third-order valence-electron chi connectivity index (χ3n) is 5.02. The third kappa shape index (κ3) is 2.88. The molecule has 1 aromatic rings. The van der Waals surface area contributed by atoms with Gasteiger partial charge in [0.2, 0.25) is 0 Å². The lowest BCUT2D eigenvalue weighted by Gasteiger charge is -2.37. The minimum absolute atomic E-state index is 0.176. The Bertz CT molecular complexity index is 532. The number of hydrogen-bond acceptors (Lipinski definition) is 4. The largest absolute Gasteiger partial charge is 0.383 e. The molecule has 5 heteroatoms. The quantitative estimate of drug-likeness (QED) is 0.681. The first-order chi connectivity index (χ1) is 10.2. The Kier molecular flexibility index (Phi) is 4.10. The Hall–Kier alpha value is -1.62. The first-order valence-electron chi connectivity index (χ1n) is 7.88. The fourth-order valence-electron chi connectivity index (χ4n) is 4.03. The predicted molar refractivity (Wildman–Crippen MR) is 83.4 cm³/mol. The molecule has 3 rings (SSSR count). The average molecular weight is 289 g/mol. The van der Waals surface area contributed by atoms with Crippen molar-refractivity contribution in [3.8, 4) is 0 Å². The highest BCUT2D eigenvalue weighted by Crippen LogP contribution is 2.37. The minimum atomic E-state index is -0.302. The Morgan fingerprint density at radius 1 is 1.33 bits per heavy atom. The van der Waals surface area contributed by atoms with Gasteiger partial charge in [0.25, 0.3) is 5.69 Å². The molecule has 1 N–H and O–H groups in total. The second-order valence-electron chi connectivity index (χ2n) is 6.23. The van der Waals surface area contributed by atoms with Crippen molar-refractivity contribution in [1.82, 2.24) is 4.90 Å². The van der Waals surface area contributed by atoms with Crippen LogP contribution in [0, 0.1) is 16.0 Å². The summed E-state index contributed by atoms with van der Waals surface area (Å²) in [5.41, 5.74) is 1.81. The van der Waals surface area contributed by atoms with E-state index in [4.69, 9.17) is 0 Å². The van der Waals surface area contributed by atoms with Gasteiger partial charge in [-0.3, -0.25) is 15.0 Å². The maximum absolute atomic E-state index is 11.2. The van der Waals surface area contributed by atoms with Crippen LogP contribution in [-0.2, 0) is 6.54 Å². The third-order valence-corrected chi connectivity index (χ3v) is 5.02. The summed E-state index contributed by atoms with van der Waals surface area (Å²) in [6, 6.07) is 6.26. The van der Waals surface area contributed by atoms with Crippen LogP contribution in [-0.4, -0.2) is 29.5 Å². The van der Waals surface area contributed by atoms with Crippen molar-refractivity contribution in [3.63, 3.8) is 0 Å². The van der Waals surface area contributed by atoms with E-state index in [-0.39, 0.29) is 10.6 Å². The van der Waals surface area contributed by atoms with E-state index in [0.717, 1.165) is 24.6 Å². The number of nitrogens with one attached hydrogen (secondary N) is 1. The zero-order valence-electron chi connectivity index (χ0n) is 12.5. The first-order valence-corrected chi connectivity index (χ1v) is 7.88. The number of nitro groups is 1. The second-order valence-corrected chi connectivity index (χ2v) is 6.23. The summed E-state index contributed by atoms with van der Waals surface area (Å²) >= 11 is 0. The summed E-state index contributed by atoms with van der Waals surface area (Å²) in [6.45, 7) is 1.97. The summed E-state index contributed by atoms with van der Waals surface area (Å²) < 4.78 is 0. The van der Waals surface area contributed by atoms with Gasteiger partial charge in [-0.15, -0.1) is 0 Å². The SMILES string of the molecule is CNc1ccc(CN2CCCC3CCCC32)cc1[N+](=O)[O-]. The summed E-state index contributed by atoms with van der Waals surface area (Å²) in [4.78, 5) is 13.4. The monoisotopic (exact) mass is 289 g/mol. The normalized spacial score (nSPS) is 25.6. The molecule has 2 unspecified atom stereocenters. The Morgan fingerprint density at radius 3 is 2.90 bits per heavy atom. The topological polar surface area (TPSA) is 58.4 Å². The molecule has 1 aliphatic carbocycles. The smallest absolute Gasteiger partial charge is 0.292 e. The van der Waals surface area contributed by atoms with E-state index in [2.05, 4.69) is 10.2 Å². The number of nitro benzene ring substituents is 1. The summed E-state index contributed by atoms with van der Waals surface area (Å²) in [7, 11) is 1.72. The van der Waals surface area contributed by atoms with Gasteiger partial charge in [0.05, 0.1) is 4.92 Å². The van der Waals surface area contributed by atoms with Crippen LogP contribution in [0.2, 0.25) is 0 Å². The molecule has 0 amide bonds. The zero-order chi connectivity index (χ0) is 14.8. The number of hydrogen-bond donors (Lipinski definition) is 1. The maximum atomic E-state index is 11.2. The molecule has 1 saturated carbocycles. The molecule has 1 aromatic carbocycles. The maximum Gasteiger partial charge on any atom is 0.292 e. The molecule has 1 heterocycles. The van der Waals surface area contributed by atoms with Gasteiger partial charge in [-0.05, 0) is 49.8 Å². The molecule has 2 aliphatic rings. The van der Waals surface area contributed by atoms with Gasteiger partial charge in [0.15, 0.2) is 0 Å². The van der Waals surface area contributed by atoms with Gasteiger partial charge < -0.3 is 5.32 Å². The number of piperidine rings is 1. The van der Waals surface area contributed by atoms with Crippen LogP contribution in [0.3, 0.4) is 0 Å². The lowest BCUT2D eigenvalue weighted by atomic mass is 9.91. The zero-order valence-corrected chi connectivity index (χ0v) is 12.5. The molecule has 0 aromatic heterocycles. The molecule has 0 spiro atoms. The number of rotatable bonds is 4. The van der Waals surface area contributed by atoms with E-state index < -0.39 is 0 Å². The van der Waals surface area contributed by atoms with Gasteiger partial charge in [0.1, 0.15) is 5.69 Å². The van der Waals surface area contributed by atoms with Crippen molar-refractivity contribution in [3.05, 3.63) is 33.9 Å². The van der Waals surface area contributed by atoms with E-state index in [0.29, 0.717) is 11.7 Å². The van der Waals surface area contributed by atoms with Crippen LogP contribution < -0.4 is 5.32 Å². The lowest BCUT2D eigenvalue weighted by Crippen LogP contribution is -2.41. The predicted octanol–water partition coefficient (Wildman–Crippen LogP) is 3.40. The van der Waals surface area contributed by atoms with Crippen molar-refractivity contribution in [2.75, 3.05) is 18.9 Å². The van der Waals surface area contributed by atoms with Crippen molar-refractivity contribution in [2.24, 2.45) is 5.92 Å². The van der Waals surface area contributed by atoms with Gasteiger partial charge >= 0.3 is 0 Å². The van der Waals surface area contributed by atoms with Crippen LogP contribution in [0.1, 0.15) is 37.7 Å². The van der Waals surface area contributed by atoms with E-state index in [1.807, 2.05) is 12.1 Å². The number of benzene rings is 1. The van der Waals surface area contributed by atoms with Crippen molar-refractivity contribution in [2.45, 2.75) is 44.7 Å². The summed E-state index contributed by atoms with van der Waals surface area (Å²) in [5, 5.41) is 14.0. The Labute approximate surface area is 125 Å². The van der Waals surface area contributed by atoms with Crippen molar-refractivity contribution < 1.29 is 4.92 Å². The molecule has 5 nitrogen and oxygen atoms in total. The van der Waals surface area contributed by atoms with Crippen LogP contribution >= 0.6 is 0 Å². The molecule has 0 bridgehead atoms. The molecule has 0 radical (unpaired) electrons. The summed E-state index contributed by atoms with van der Waals surface area (Å²) in [5.74, 6) is 0.852. The highest BCUT2D eigenvalue weighted by atomic mass is 16.6. The molecular formula is C16H23N3O2. The molecule has 1 aliphatic heterocycles. The van der Waals surface area contributed by atoms with Gasteiger partial charge in [-0.2, -0.15) is 0 Å². The summed E-state index contributed by atoms with van der Waals surface area (Å²) in [6.07, 6.45) is 6.61. The lowest BCUT2D eigenvalue weighted by molar-refractivity contribution is -0.384. The molecule has 2 fully saturated rings. The molecule has 1 saturated heterocycles. The average Bonchev–Trinajstić information content (AvgIpc) is 2.96. The minimum Gasteiger partial charge on any atom is -0.383 e. The molecule has 2 atom stereocenters. The van der Waals surface area contributed by atoms with Gasteiger partial charge in [-0.25, -0.2) is 0 Å². The second kappa shape index (κ2) is 6.02.